The van der Waals surface area contributed by atoms with Crippen LogP contribution in [0.3, 0.4) is 0 Å². The second-order valence-corrected chi connectivity index (χ2v) is 12.6. The Labute approximate surface area is 242 Å². The van der Waals surface area contributed by atoms with Crippen LogP contribution in [0, 0.1) is 15.9 Å². The molecule has 0 aliphatic heterocycles. The first-order valence-corrected chi connectivity index (χ1v) is 14.7. The highest BCUT2D eigenvalue weighted by Gasteiger charge is 2.34. The molecule has 1 saturated carbocycles. The normalized spacial score (nSPS) is 17.0. The third-order valence-corrected chi connectivity index (χ3v) is 8.04. The Morgan fingerprint density at radius 1 is 1.21 bits per heavy atom. The van der Waals surface area contributed by atoms with Gasteiger partial charge in [0.15, 0.2) is 5.82 Å². The molecule has 12 nitrogen and oxygen atoms in total. The molecule has 2 atom stereocenters. The van der Waals surface area contributed by atoms with Crippen molar-refractivity contribution in [3.63, 3.8) is 0 Å². The van der Waals surface area contributed by atoms with Crippen LogP contribution < -0.4 is 14.8 Å². The van der Waals surface area contributed by atoms with Gasteiger partial charge in [-0.05, 0) is 70.4 Å². The lowest BCUT2D eigenvalue weighted by Crippen LogP contribution is -2.26. The number of hydrogen-bond donors (Lipinski definition) is 2. The SMILES string of the molecule is C=CCNS(=O)(=O)c1ccc(Nc2cc([C@H]3CC[C@@H](OC(=O)Oc4ccc([N+](=O)[O-])cc4)C3)n(C(C)(C)C)n2)c(F)c1. The molecule has 224 valence electrons. The number of ether oxygens (including phenoxy) is 2. The molecule has 1 fully saturated rings. The molecule has 0 radical (unpaired) electrons. The third kappa shape index (κ3) is 7.31. The Hall–Kier alpha value is -4.30. The van der Waals surface area contributed by atoms with Crippen LogP contribution in [-0.4, -0.2) is 41.9 Å². The molecule has 14 heteroatoms. The van der Waals surface area contributed by atoms with E-state index in [0.29, 0.717) is 25.1 Å². The van der Waals surface area contributed by atoms with Crippen molar-refractivity contribution < 1.29 is 32.0 Å². The molecular weight excluding hydrogens is 569 g/mol. The lowest BCUT2D eigenvalue weighted by Gasteiger charge is -2.24. The Morgan fingerprint density at radius 3 is 2.55 bits per heavy atom. The van der Waals surface area contributed by atoms with Crippen LogP contribution in [0.25, 0.3) is 0 Å². The van der Waals surface area contributed by atoms with Crippen molar-refractivity contribution in [2.24, 2.45) is 0 Å². The standard InChI is InChI=1S/C28H32FN5O7S/c1-5-14-30-42(38,39)22-12-13-24(23(29)16-22)31-26-17-25(33(32-26)28(2,3)4)18-6-9-21(15-18)41-27(35)40-20-10-7-19(8-11-20)34(36)37/h5,7-8,10-13,16-18,21,30H,1,6,9,14-15H2,2-4H3,(H,31,32)/t18-,21+/m0/s1. The number of nitro benzene ring substituents is 1. The van der Waals surface area contributed by atoms with Gasteiger partial charge in [0.25, 0.3) is 5.69 Å². The number of rotatable bonds is 10. The molecule has 0 unspecified atom stereocenters. The molecule has 4 rings (SSSR count). The minimum absolute atomic E-state index is 0.0160. The molecular formula is C28H32FN5O7S. The van der Waals surface area contributed by atoms with Crippen LogP contribution >= 0.6 is 0 Å². The van der Waals surface area contributed by atoms with E-state index in [1.165, 1.54) is 42.5 Å². The van der Waals surface area contributed by atoms with Gasteiger partial charge in [-0.1, -0.05) is 6.08 Å². The van der Waals surface area contributed by atoms with Gasteiger partial charge in [0.2, 0.25) is 10.0 Å². The summed E-state index contributed by atoms with van der Waals surface area (Å²) in [7, 11) is -3.88. The van der Waals surface area contributed by atoms with Gasteiger partial charge in [-0.3, -0.25) is 14.8 Å². The highest BCUT2D eigenvalue weighted by atomic mass is 32.2. The minimum Gasteiger partial charge on any atom is -0.431 e. The van der Waals surface area contributed by atoms with Crippen molar-refractivity contribution >= 4 is 33.4 Å². The van der Waals surface area contributed by atoms with Crippen LogP contribution in [0.1, 0.15) is 51.6 Å². The van der Waals surface area contributed by atoms with Crippen molar-refractivity contribution in [3.05, 3.63) is 82.8 Å². The molecule has 3 aromatic rings. The Morgan fingerprint density at radius 2 is 1.93 bits per heavy atom. The van der Waals surface area contributed by atoms with Gasteiger partial charge in [-0.25, -0.2) is 22.3 Å². The highest BCUT2D eigenvalue weighted by molar-refractivity contribution is 7.89. The summed E-state index contributed by atoms with van der Waals surface area (Å²) < 4.78 is 54.4. The number of anilines is 2. The number of sulfonamides is 1. The summed E-state index contributed by atoms with van der Waals surface area (Å²) in [6, 6.07) is 10.5. The van der Waals surface area contributed by atoms with Gasteiger partial charge in [-0.2, -0.15) is 5.10 Å². The zero-order valence-electron chi connectivity index (χ0n) is 23.4. The van der Waals surface area contributed by atoms with Crippen LogP contribution in [0.15, 0.2) is 66.1 Å². The van der Waals surface area contributed by atoms with Gasteiger partial charge in [0.05, 0.1) is 21.0 Å². The van der Waals surface area contributed by atoms with E-state index in [2.05, 4.69) is 21.7 Å². The Kier molecular flexibility index (Phi) is 8.97. The molecule has 0 bridgehead atoms. The van der Waals surface area contributed by atoms with Crippen molar-refractivity contribution in [2.75, 3.05) is 11.9 Å². The number of hydrogen-bond acceptors (Lipinski definition) is 9. The number of carbonyl (C=O) groups excluding carboxylic acids is 1. The second-order valence-electron chi connectivity index (χ2n) is 10.8. The maximum atomic E-state index is 14.9. The van der Waals surface area contributed by atoms with Crippen molar-refractivity contribution in [1.29, 1.82) is 0 Å². The number of non-ortho nitro benzene ring substituents is 1. The van der Waals surface area contributed by atoms with E-state index in [1.54, 1.807) is 0 Å². The number of nitrogens with zero attached hydrogens (tertiary/aromatic N) is 3. The zero-order chi connectivity index (χ0) is 30.7. The van der Waals surface area contributed by atoms with Gasteiger partial charge in [0.1, 0.15) is 17.7 Å². The lowest BCUT2D eigenvalue weighted by atomic mass is 10.0. The number of nitrogens with one attached hydrogen (secondary N) is 2. The predicted molar refractivity (Wildman–Crippen MR) is 153 cm³/mol. The summed E-state index contributed by atoms with van der Waals surface area (Å²) in [5.74, 6) is -0.268. The summed E-state index contributed by atoms with van der Waals surface area (Å²) in [6.45, 7) is 9.42. The maximum absolute atomic E-state index is 14.9. The van der Waals surface area contributed by atoms with Gasteiger partial charge < -0.3 is 14.8 Å². The number of aromatic nitrogens is 2. The lowest BCUT2D eigenvalue weighted by molar-refractivity contribution is -0.384. The molecule has 1 aromatic heterocycles. The molecule has 0 saturated heterocycles. The number of carbonyl (C=O) groups is 1. The quantitative estimate of drug-likeness (QED) is 0.0972. The topological polar surface area (TPSA) is 155 Å². The van der Waals surface area contributed by atoms with Crippen LogP contribution in [0.4, 0.5) is 26.4 Å². The van der Waals surface area contributed by atoms with E-state index in [9.17, 15) is 27.7 Å². The van der Waals surface area contributed by atoms with Crippen molar-refractivity contribution in [3.8, 4) is 5.75 Å². The number of halogens is 1. The number of benzene rings is 2. The molecule has 0 spiro atoms. The first kappa shape index (κ1) is 30.7. The maximum Gasteiger partial charge on any atom is 0.514 e. The van der Waals surface area contributed by atoms with Crippen molar-refractivity contribution in [1.82, 2.24) is 14.5 Å². The molecule has 2 aromatic carbocycles. The van der Waals surface area contributed by atoms with Crippen LogP contribution in [-0.2, 0) is 20.3 Å². The van der Waals surface area contributed by atoms with E-state index in [4.69, 9.17) is 9.47 Å². The minimum atomic E-state index is -3.88. The van der Waals surface area contributed by atoms with E-state index < -0.39 is 38.6 Å². The fourth-order valence-electron chi connectivity index (χ4n) is 4.65. The first-order valence-electron chi connectivity index (χ1n) is 13.2. The van der Waals surface area contributed by atoms with Crippen LogP contribution in [0.2, 0.25) is 0 Å². The van der Waals surface area contributed by atoms with E-state index in [-0.39, 0.29) is 34.5 Å². The van der Waals surface area contributed by atoms with E-state index in [1.807, 2.05) is 31.5 Å². The zero-order valence-corrected chi connectivity index (χ0v) is 24.2. The second kappa shape index (κ2) is 12.3. The van der Waals surface area contributed by atoms with Crippen molar-refractivity contribution in [2.45, 2.75) is 62.5 Å². The van der Waals surface area contributed by atoms with Gasteiger partial charge >= 0.3 is 6.16 Å². The summed E-state index contributed by atoms with van der Waals surface area (Å²) in [6.07, 6.45) is 1.87. The number of nitro groups is 1. The monoisotopic (exact) mass is 601 g/mol. The van der Waals surface area contributed by atoms with E-state index in [0.717, 1.165) is 11.8 Å². The van der Waals surface area contributed by atoms with E-state index >= 15 is 0 Å². The third-order valence-electron chi connectivity index (χ3n) is 6.62. The molecule has 42 heavy (non-hydrogen) atoms. The Balaban J connectivity index is 1.45. The fraction of sp³-hybridized carbons (Fsp3) is 0.357. The summed E-state index contributed by atoms with van der Waals surface area (Å²) >= 11 is 0. The van der Waals surface area contributed by atoms with Gasteiger partial charge in [-0.15, -0.1) is 6.58 Å². The molecule has 0 amide bonds. The summed E-state index contributed by atoms with van der Waals surface area (Å²) in [5.41, 5.74) is 0.386. The largest absolute Gasteiger partial charge is 0.514 e. The molecule has 1 heterocycles. The Bertz CT molecular complexity index is 1580. The smallest absolute Gasteiger partial charge is 0.431 e. The first-order chi connectivity index (χ1) is 19.8. The summed E-state index contributed by atoms with van der Waals surface area (Å²) in [5, 5.41) is 18.4. The molecule has 1 aliphatic carbocycles. The average molecular weight is 602 g/mol. The van der Waals surface area contributed by atoms with Gasteiger partial charge in [0, 0.05) is 36.4 Å². The highest BCUT2D eigenvalue weighted by Crippen LogP contribution is 2.39. The predicted octanol–water partition coefficient (Wildman–Crippen LogP) is 5.75. The van der Waals surface area contributed by atoms with Crippen LogP contribution in [0.5, 0.6) is 5.75 Å². The fourth-order valence-corrected chi connectivity index (χ4v) is 5.66. The average Bonchev–Trinajstić information content (AvgIpc) is 3.56. The molecule has 1 aliphatic rings. The summed E-state index contributed by atoms with van der Waals surface area (Å²) in [4.78, 5) is 22.4. The molecule has 2 N–H and O–H groups in total.